The summed E-state index contributed by atoms with van der Waals surface area (Å²) in [4.78, 5) is 13.8. The Kier molecular flexibility index (Phi) is 2.82. The first-order chi connectivity index (χ1) is 7.98. The Morgan fingerprint density at radius 1 is 1.35 bits per heavy atom. The molecule has 2 heteroatoms. The number of hydrogen-bond acceptors (Lipinski definition) is 2. The number of carbonyl (C=O) groups excluding carboxylic acids is 1. The number of benzene rings is 1. The highest BCUT2D eigenvalue weighted by Crippen LogP contribution is 2.46. The largest absolute Gasteiger partial charge is 0.347 e. The van der Waals surface area contributed by atoms with Crippen LogP contribution in [-0.2, 0) is 10.2 Å². The Labute approximate surface area is 103 Å². The first-order valence-corrected chi connectivity index (χ1v) is 6.06. The second-order valence-corrected chi connectivity index (χ2v) is 5.05. The lowest BCUT2D eigenvalue weighted by atomic mass is 9.83. The molecule has 0 bridgehead atoms. The van der Waals surface area contributed by atoms with Crippen LogP contribution in [0.5, 0.6) is 0 Å². The van der Waals surface area contributed by atoms with Crippen molar-refractivity contribution in [2.24, 2.45) is 0 Å². The standard InChI is InChI=1S/C15H19NO/c1-5-11(17)10-14-15(2,3)12-8-6-7-9-13(12)16(14)4/h6-10H,5H2,1-4H3/b14-10+. The van der Waals surface area contributed by atoms with Crippen LogP contribution in [0.15, 0.2) is 36.0 Å². The monoisotopic (exact) mass is 229 g/mol. The van der Waals surface area contributed by atoms with Crippen molar-refractivity contribution in [1.29, 1.82) is 0 Å². The maximum absolute atomic E-state index is 11.6. The molecule has 1 aromatic rings. The zero-order valence-corrected chi connectivity index (χ0v) is 10.9. The fourth-order valence-corrected chi connectivity index (χ4v) is 2.51. The molecule has 0 spiro atoms. The van der Waals surface area contributed by atoms with Gasteiger partial charge in [-0.05, 0) is 11.6 Å². The van der Waals surface area contributed by atoms with E-state index >= 15 is 0 Å². The van der Waals surface area contributed by atoms with Gasteiger partial charge in [0.05, 0.1) is 0 Å². The fourth-order valence-electron chi connectivity index (χ4n) is 2.51. The molecule has 1 aliphatic heterocycles. The SMILES string of the molecule is CCC(=O)/C=C1/N(C)c2ccccc2C1(C)C. The number of fused-ring (bicyclic) bond motifs is 1. The van der Waals surface area contributed by atoms with Crippen molar-refractivity contribution in [2.45, 2.75) is 32.6 Å². The van der Waals surface area contributed by atoms with Gasteiger partial charge in [0.2, 0.25) is 0 Å². The lowest BCUT2D eigenvalue weighted by molar-refractivity contribution is -0.114. The van der Waals surface area contributed by atoms with Gasteiger partial charge in [0.25, 0.3) is 0 Å². The Morgan fingerprint density at radius 2 is 2.00 bits per heavy atom. The zero-order chi connectivity index (χ0) is 12.6. The fraction of sp³-hybridized carbons (Fsp3) is 0.400. The average Bonchev–Trinajstić information content (AvgIpc) is 2.51. The highest BCUT2D eigenvalue weighted by atomic mass is 16.1. The van der Waals surface area contributed by atoms with Gasteiger partial charge in [-0.2, -0.15) is 0 Å². The number of carbonyl (C=O) groups is 1. The lowest BCUT2D eigenvalue weighted by Gasteiger charge is -2.23. The average molecular weight is 229 g/mol. The topological polar surface area (TPSA) is 20.3 Å². The molecule has 0 saturated carbocycles. The van der Waals surface area contributed by atoms with E-state index in [0.29, 0.717) is 6.42 Å². The third-order valence-electron chi connectivity index (χ3n) is 3.59. The summed E-state index contributed by atoms with van der Waals surface area (Å²) in [5, 5.41) is 0. The van der Waals surface area contributed by atoms with Crippen LogP contribution in [0.2, 0.25) is 0 Å². The summed E-state index contributed by atoms with van der Waals surface area (Å²) in [5.41, 5.74) is 3.49. The Morgan fingerprint density at radius 3 is 2.59 bits per heavy atom. The summed E-state index contributed by atoms with van der Waals surface area (Å²) in [6.07, 6.45) is 2.35. The van der Waals surface area contributed by atoms with Crippen LogP contribution in [-0.4, -0.2) is 12.8 Å². The number of allylic oxidation sites excluding steroid dienone is 2. The van der Waals surface area contributed by atoms with Crippen molar-refractivity contribution < 1.29 is 4.79 Å². The van der Waals surface area contributed by atoms with Gasteiger partial charge in [-0.1, -0.05) is 39.0 Å². The molecule has 0 unspecified atom stereocenters. The van der Waals surface area contributed by atoms with Crippen LogP contribution in [0.4, 0.5) is 5.69 Å². The normalized spacial score (nSPS) is 19.5. The summed E-state index contributed by atoms with van der Waals surface area (Å²) in [6, 6.07) is 8.34. The molecule has 0 atom stereocenters. The molecular weight excluding hydrogens is 210 g/mol. The number of anilines is 1. The van der Waals surface area contributed by atoms with E-state index < -0.39 is 0 Å². The third-order valence-corrected chi connectivity index (χ3v) is 3.59. The van der Waals surface area contributed by atoms with E-state index in [0.717, 1.165) is 5.70 Å². The molecule has 0 aromatic heterocycles. The Hall–Kier alpha value is -1.57. The van der Waals surface area contributed by atoms with Gasteiger partial charge in [0, 0.05) is 36.3 Å². The van der Waals surface area contributed by atoms with Gasteiger partial charge in [-0.15, -0.1) is 0 Å². The molecule has 0 saturated heterocycles. The van der Waals surface area contributed by atoms with Crippen molar-refractivity contribution in [3.63, 3.8) is 0 Å². The van der Waals surface area contributed by atoms with E-state index in [1.165, 1.54) is 11.3 Å². The van der Waals surface area contributed by atoms with Crippen LogP contribution in [0.25, 0.3) is 0 Å². The van der Waals surface area contributed by atoms with Gasteiger partial charge in [0.1, 0.15) is 0 Å². The molecule has 90 valence electrons. The highest BCUT2D eigenvalue weighted by Gasteiger charge is 2.38. The molecule has 2 nitrogen and oxygen atoms in total. The van der Waals surface area contributed by atoms with Crippen molar-refractivity contribution in [3.8, 4) is 0 Å². The minimum absolute atomic E-state index is 0.0871. The molecular formula is C15H19NO. The van der Waals surface area contributed by atoms with Gasteiger partial charge in [-0.3, -0.25) is 4.79 Å². The second kappa shape index (κ2) is 4.02. The van der Waals surface area contributed by atoms with E-state index in [9.17, 15) is 4.79 Å². The second-order valence-electron chi connectivity index (χ2n) is 5.05. The number of para-hydroxylation sites is 1. The summed E-state index contributed by atoms with van der Waals surface area (Å²) in [5.74, 6) is 0.188. The van der Waals surface area contributed by atoms with E-state index in [1.807, 2.05) is 20.0 Å². The molecule has 0 aliphatic carbocycles. The third kappa shape index (κ3) is 1.78. The lowest BCUT2D eigenvalue weighted by Crippen LogP contribution is -2.23. The first kappa shape index (κ1) is 11.9. The van der Waals surface area contributed by atoms with E-state index in [4.69, 9.17) is 0 Å². The van der Waals surface area contributed by atoms with E-state index in [2.05, 4.69) is 36.9 Å². The smallest absolute Gasteiger partial charge is 0.157 e. The molecule has 1 aromatic carbocycles. The van der Waals surface area contributed by atoms with Crippen molar-refractivity contribution >= 4 is 11.5 Å². The number of rotatable bonds is 2. The van der Waals surface area contributed by atoms with Crippen LogP contribution in [0.1, 0.15) is 32.8 Å². The van der Waals surface area contributed by atoms with Crippen LogP contribution >= 0.6 is 0 Å². The maximum atomic E-state index is 11.6. The molecule has 0 N–H and O–H groups in total. The van der Waals surface area contributed by atoms with Gasteiger partial charge in [0.15, 0.2) is 5.78 Å². The molecule has 0 amide bonds. The Bertz CT molecular complexity index is 485. The predicted molar refractivity (Wildman–Crippen MR) is 71.3 cm³/mol. The van der Waals surface area contributed by atoms with Crippen molar-refractivity contribution in [1.82, 2.24) is 0 Å². The van der Waals surface area contributed by atoms with Crippen molar-refractivity contribution in [3.05, 3.63) is 41.6 Å². The molecule has 1 aliphatic rings. The van der Waals surface area contributed by atoms with E-state index in [-0.39, 0.29) is 11.2 Å². The summed E-state index contributed by atoms with van der Waals surface area (Å²) >= 11 is 0. The highest BCUT2D eigenvalue weighted by molar-refractivity contribution is 5.92. The summed E-state index contributed by atoms with van der Waals surface area (Å²) in [6.45, 7) is 6.24. The molecule has 1 heterocycles. The molecule has 0 radical (unpaired) electrons. The summed E-state index contributed by atoms with van der Waals surface area (Å²) < 4.78 is 0. The number of likely N-dealkylation sites (N-methyl/N-ethyl adjacent to an activating group) is 1. The van der Waals surface area contributed by atoms with Gasteiger partial charge < -0.3 is 4.90 Å². The van der Waals surface area contributed by atoms with Gasteiger partial charge in [-0.25, -0.2) is 0 Å². The van der Waals surface area contributed by atoms with Crippen LogP contribution in [0, 0.1) is 0 Å². The number of ketones is 1. The minimum Gasteiger partial charge on any atom is -0.347 e. The van der Waals surface area contributed by atoms with Crippen LogP contribution in [0.3, 0.4) is 0 Å². The number of hydrogen-bond donors (Lipinski definition) is 0. The summed E-state index contributed by atoms with van der Waals surface area (Å²) in [7, 11) is 2.03. The molecule has 0 fully saturated rings. The molecule has 17 heavy (non-hydrogen) atoms. The quantitative estimate of drug-likeness (QED) is 0.725. The maximum Gasteiger partial charge on any atom is 0.157 e. The van der Waals surface area contributed by atoms with Crippen molar-refractivity contribution in [2.75, 3.05) is 11.9 Å². The minimum atomic E-state index is -0.0871. The van der Waals surface area contributed by atoms with Gasteiger partial charge >= 0.3 is 0 Å². The van der Waals surface area contributed by atoms with Crippen LogP contribution < -0.4 is 4.90 Å². The predicted octanol–water partition coefficient (Wildman–Crippen LogP) is 3.28. The number of nitrogens with zero attached hydrogens (tertiary/aromatic N) is 1. The van der Waals surface area contributed by atoms with E-state index in [1.54, 1.807) is 6.08 Å². The zero-order valence-electron chi connectivity index (χ0n) is 10.9. The Balaban J connectivity index is 2.54. The first-order valence-electron chi connectivity index (χ1n) is 6.06. The molecule has 2 rings (SSSR count).